The van der Waals surface area contributed by atoms with Crippen molar-refractivity contribution in [2.24, 2.45) is 11.7 Å². The molecule has 1 aliphatic rings. The van der Waals surface area contributed by atoms with Gasteiger partial charge in [-0.3, -0.25) is 4.79 Å². The summed E-state index contributed by atoms with van der Waals surface area (Å²) in [6.45, 7) is 6.67. The van der Waals surface area contributed by atoms with E-state index in [1.54, 1.807) is 11.3 Å². The molecule has 3 N–H and O–H groups in total. The average Bonchev–Trinajstić information content (AvgIpc) is 3.16. The van der Waals surface area contributed by atoms with Crippen LogP contribution in [0.3, 0.4) is 0 Å². The lowest BCUT2D eigenvalue weighted by molar-refractivity contribution is 0.0937. The zero-order chi connectivity index (χ0) is 15.7. The van der Waals surface area contributed by atoms with Crippen LogP contribution in [0.25, 0.3) is 9.53 Å². The molecular weight excluding hydrogens is 316 g/mol. The van der Waals surface area contributed by atoms with Crippen molar-refractivity contribution in [1.82, 2.24) is 10.3 Å². The van der Waals surface area contributed by atoms with E-state index in [2.05, 4.69) is 29.0 Å². The van der Waals surface area contributed by atoms with Gasteiger partial charge in [-0.2, -0.15) is 0 Å². The van der Waals surface area contributed by atoms with Gasteiger partial charge in [-0.25, -0.2) is 4.98 Å². The maximum absolute atomic E-state index is 12.4. The molecule has 1 fully saturated rings. The molecule has 3 rings (SSSR count). The molecule has 0 aromatic carbocycles. The molecule has 0 aliphatic heterocycles. The molecule has 2 heterocycles. The van der Waals surface area contributed by atoms with Gasteiger partial charge in [0, 0.05) is 25.7 Å². The number of carbonyl (C=O) groups excluding carboxylic acids is 1. The van der Waals surface area contributed by atoms with Gasteiger partial charge in [0.05, 0.1) is 9.58 Å². The van der Waals surface area contributed by atoms with Crippen molar-refractivity contribution in [1.29, 1.82) is 0 Å². The minimum Gasteiger partial charge on any atom is -0.349 e. The second-order valence-corrected chi connectivity index (χ2v) is 7.64. The van der Waals surface area contributed by atoms with Crippen molar-refractivity contribution in [3.8, 4) is 0 Å². The van der Waals surface area contributed by atoms with E-state index in [0.29, 0.717) is 12.5 Å². The van der Waals surface area contributed by atoms with Crippen LogP contribution in [0.2, 0.25) is 0 Å². The zero-order valence-corrected chi connectivity index (χ0v) is 14.6. The molecule has 1 unspecified atom stereocenters. The van der Waals surface area contributed by atoms with Gasteiger partial charge in [-0.15, -0.1) is 11.3 Å². The Morgan fingerprint density at radius 2 is 2.18 bits per heavy atom. The van der Waals surface area contributed by atoms with Crippen LogP contribution < -0.4 is 16.0 Å². The van der Waals surface area contributed by atoms with E-state index in [0.717, 1.165) is 32.6 Å². The summed E-state index contributed by atoms with van der Waals surface area (Å²) in [5.41, 5.74) is 5.75. The van der Waals surface area contributed by atoms with Crippen molar-refractivity contribution in [3.05, 3.63) is 10.9 Å². The van der Waals surface area contributed by atoms with E-state index in [4.69, 9.17) is 5.73 Å². The molecule has 120 valence electrons. The Hall–Kier alpha value is -1.18. The first kappa shape index (κ1) is 15.7. The Morgan fingerprint density at radius 1 is 1.45 bits per heavy atom. The molecule has 1 aliphatic carbocycles. The molecular formula is C15H22N4OS2. The molecule has 1 atom stereocenters. The molecule has 0 saturated heterocycles. The van der Waals surface area contributed by atoms with E-state index in [1.165, 1.54) is 24.2 Å². The molecule has 2 aromatic rings. The first-order chi connectivity index (χ1) is 10.7. The highest BCUT2D eigenvalue weighted by molar-refractivity contribution is 7.29. The zero-order valence-electron chi connectivity index (χ0n) is 13.0. The van der Waals surface area contributed by atoms with Gasteiger partial charge in [-0.05, 0) is 38.7 Å². The fraction of sp³-hybridized carbons (Fsp3) is 0.600. The summed E-state index contributed by atoms with van der Waals surface area (Å²) in [5.74, 6) is 0.560. The average molecular weight is 339 g/mol. The van der Waals surface area contributed by atoms with Gasteiger partial charge in [0.25, 0.3) is 5.91 Å². The van der Waals surface area contributed by atoms with Crippen LogP contribution >= 0.6 is 22.7 Å². The maximum atomic E-state index is 12.4. The van der Waals surface area contributed by atoms with Gasteiger partial charge < -0.3 is 16.0 Å². The molecule has 0 bridgehead atoms. The molecule has 2 aromatic heterocycles. The number of thiophene rings is 1. The number of aromatic nitrogens is 1. The molecule has 7 heteroatoms. The summed E-state index contributed by atoms with van der Waals surface area (Å²) in [6.07, 6.45) is 2.35. The normalized spacial score (nSPS) is 16.0. The summed E-state index contributed by atoms with van der Waals surface area (Å²) in [4.78, 5) is 20.9. The van der Waals surface area contributed by atoms with E-state index < -0.39 is 0 Å². The van der Waals surface area contributed by atoms with Crippen molar-refractivity contribution in [3.63, 3.8) is 0 Å². The fourth-order valence-corrected chi connectivity index (χ4v) is 4.81. The summed E-state index contributed by atoms with van der Waals surface area (Å²) in [7, 11) is 0. The lowest BCUT2D eigenvalue weighted by Crippen LogP contribution is -2.41. The van der Waals surface area contributed by atoms with Crippen molar-refractivity contribution < 1.29 is 4.79 Å². The van der Waals surface area contributed by atoms with Crippen molar-refractivity contribution in [2.75, 3.05) is 24.5 Å². The van der Waals surface area contributed by atoms with Crippen LogP contribution in [0.15, 0.2) is 6.07 Å². The van der Waals surface area contributed by atoms with Crippen LogP contribution in [0.1, 0.15) is 36.4 Å². The van der Waals surface area contributed by atoms with E-state index in [1.807, 2.05) is 6.07 Å². The van der Waals surface area contributed by atoms with Gasteiger partial charge in [0.2, 0.25) is 0 Å². The first-order valence-corrected chi connectivity index (χ1v) is 9.45. The molecule has 1 saturated carbocycles. The van der Waals surface area contributed by atoms with Gasteiger partial charge >= 0.3 is 0 Å². The summed E-state index contributed by atoms with van der Waals surface area (Å²) in [6, 6.07) is 2.08. The Kier molecular flexibility index (Phi) is 4.65. The molecule has 0 radical (unpaired) electrons. The predicted molar refractivity (Wildman–Crippen MR) is 94.1 cm³/mol. The second kappa shape index (κ2) is 6.52. The fourth-order valence-electron chi connectivity index (χ4n) is 2.57. The monoisotopic (exact) mass is 338 g/mol. The number of anilines is 1. The van der Waals surface area contributed by atoms with Crippen LogP contribution in [-0.2, 0) is 0 Å². The predicted octanol–water partition coefficient (Wildman–Crippen LogP) is 2.67. The number of thiazole rings is 1. The largest absolute Gasteiger partial charge is 0.349 e. The van der Waals surface area contributed by atoms with Gasteiger partial charge in [0.15, 0.2) is 5.13 Å². The van der Waals surface area contributed by atoms with E-state index in [9.17, 15) is 4.79 Å². The number of hydrogen-bond donors (Lipinski definition) is 2. The third-order valence-corrected chi connectivity index (χ3v) is 6.32. The topological polar surface area (TPSA) is 71.2 Å². The number of rotatable bonds is 7. The third-order valence-electron chi connectivity index (χ3n) is 4.10. The number of nitrogens with zero attached hydrogens (tertiary/aromatic N) is 2. The highest BCUT2D eigenvalue weighted by Gasteiger charge is 2.31. The number of carbonyl (C=O) groups is 1. The van der Waals surface area contributed by atoms with E-state index >= 15 is 0 Å². The van der Waals surface area contributed by atoms with Gasteiger partial charge in [-0.1, -0.05) is 11.3 Å². The Balaban J connectivity index is 1.74. The SMILES string of the molecule is CCN(CC)c1nc2sc(C(=O)NC(CN)C3CC3)cc2s1. The Morgan fingerprint density at radius 3 is 2.73 bits per heavy atom. The van der Waals surface area contributed by atoms with Gasteiger partial charge in [0.1, 0.15) is 4.83 Å². The quantitative estimate of drug-likeness (QED) is 0.814. The highest BCUT2D eigenvalue weighted by atomic mass is 32.1. The smallest absolute Gasteiger partial charge is 0.261 e. The first-order valence-electron chi connectivity index (χ1n) is 7.82. The number of hydrogen-bond acceptors (Lipinski definition) is 6. The Labute approximate surface area is 138 Å². The summed E-state index contributed by atoms with van der Waals surface area (Å²) in [5, 5.41) is 4.11. The molecule has 22 heavy (non-hydrogen) atoms. The van der Waals surface area contributed by atoms with E-state index in [-0.39, 0.29) is 11.9 Å². The minimum absolute atomic E-state index is 0.0121. The van der Waals surface area contributed by atoms with Crippen LogP contribution in [0.5, 0.6) is 0 Å². The third kappa shape index (κ3) is 3.11. The van der Waals surface area contributed by atoms with Crippen molar-refractivity contribution >= 4 is 43.2 Å². The van der Waals surface area contributed by atoms with Crippen LogP contribution in [-0.4, -0.2) is 36.6 Å². The Bertz CT molecular complexity index is 626. The minimum atomic E-state index is -0.0121. The lowest BCUT2D eigenvalue weighted by atomic mass is 10.2. The molecule has 0 spiro atoms. The summed E-state index contributed by atoms with van der Waals surface area (Å²) >= 11 is 3.13. The maximum Gasteiger partial charge on any atom is 0.261 e. The highest BCUT2D eigenvalue weighted by Crippen LogP contribution is 2.35. The van der Waals surface area contributed by atoms with Crippen LogP contribution in [0.4, 0.5) is 5.13 Å². The number of fused-ring (bicyclic) bond motifs is 1. The lowest BCUT2D eigenvalue weighted by Gasteiger charge is -2.16. The molecule has 1 amide bonds. The number of amides is 1. The molecule has 5 nitrogen and oxygen atoms in total. The van der Waals surface area contributed by atoms with Crippen molar-refractivity contribution in [2.45, 2.75) is 32.7 Å². The second-order valence-electron chi connectivity index (χ2n) is 5.60. The standard InChI is InChI=1S/C15H22N4OS2/c1-3-19(4-2)15-18-14-12(22-15)7-11(21-14)13(20)17-10(8-16)9-5-6-9/h7,9-10H,3-6,8,16H2,1-2H3,(H,17,20). The summed E-state index contributed by atoms with van der Waals surface area (Å²) < 4.78 is 1.09. The number of nitrogens with two attached hydrogens (primary N) is 1. The number of nitrogens with one attached hydrogen (secondary N) is 1. The van der Waals surface area contributed by atoms with Crippen LogP contribution in [0, 0.1) is 5.92 Å².